The second-order valence-electron chi connectivity index (χ2n) is 11.7. The van der Waals surface area contributed by atoms with Gasteiger partial charge in [-0.05, 0) is 69.9 Å². The largest absolute Gasteiger partial charge is 0.416 e. The Labute approximate surface area is 240 Å². The topological polar surface area (TPSA) is 111 Å². The Morgan fingerprint density at radius 1 is 0.927 bits per heavy atom. The van der Waals surface area contributed by atoms with Crippen molar-refractivity contribution in [3.63, 3.8) is 0 Å². The molecular formula is C30H42F3N5O3. The summed E-state index contributed by atoms with van der Waals surface area (Å²) in [6, 6.07) is 8.97. The van der Waals surface area contributed by atoms with Gasteiger partial charge in [0.1, 0.15) is 0 Å². The fourth-order valence-electron chi connectivity index (χ4n) is 3.96. The molecule has 2 rings (SSSR count). The second-order valence-corrected chi connectivity index (χ2v) is 11.7. The van der Waals surface area contributed by atoms with E-state index in [2.05, 4.69) is 26.6 Å². The van der Waals surface area contributed by atoms with Crippen LogP contribution in [0, 0.1) is 19.8 Å². The van der Waals surface area contributed by atoms with Crippen LogP contribution in [-0.2, 0) is 22.3 Å². The first kappa shape index (κ1) is 33.6. The van der Waals surface area contributed by atoms with Gasteiger partial charge in [0.25, 0.3) is 5.91 Å². The van der Waals surface area contributed by atoms with Crippen molar-refractivity contribution in [1.82, 2.24) is 21.3 Å². The van der Waals surface area contributed by atoms with E-state index in [0.29, 0.717) is 13.1 Å². The molecule has 2 aromatic rings. The quantitative estimate of drug-likeness (QED) is 0.236. The van der Waals surface area contributed by atoms with E-state index in [9.17, 15) is 27.6 Å². The summed E-state index contributed by atoms with van der Waals surface area (Å²) in [5, 5.41) is 14.0. The maximum absolute atomic E-state index is 13.5. The van der Waals surface area contributed by atoms with Gasteiger partial charge in [0.05, 0.1) is 24.7 Å². The van der Waals surface area contributed by atoms with Crippen molar-refractivity contribution in [3.05, 3.63) is 64.2 Å². The molecule has 41 heavy (non-hydrogen) atoms. The summed E-state index contributed by atoms with van der Waals surface area (Å²) in [5.41, 5.74) is 1.64. The highest BCUT2D eigenvalue weighted by Gasteiger charge is 2.32. The van der Waals surface area contributed by atoms with Crippen molar-refractivity contribution in [1.29, 1.82) is 0 Å². The summed E-state index contributed by atoms with van der Waals surface area (Å²) >= 11 is 0. The van der Waals surface area contributed by atoms with Gasteiger partial charge in [-0.3, -0.25) is 19.7 Å². The molecule has 0 radical (unpaired) electrons. The normalized spacial score (nSPS) is 12.6. The van der Waals surface area contributed by atoms with Crippen molar-refractivity contribution < 1.29 is 27.6 Å². The third-order valence-corrected chi connectivity index (χ3v) is 5.92. The van der Waals surface area contributed by atoms with Crippen LogP contribution < -0.4 is 26.6 Å². The number of carbonyl (C=O) groups excluding carboxylic acids is 3. The van der Waals surface area contributed by atoms with Crippen molar-refractivity contribution in [2.75, 3.05) is 18.4 Å². The predicted molar refractivity (Wildman–Crippen MR) is 154 cm³/mol. The van der Waals surface area contributed by atoms with Crippen LogP contribution in [0.4, 0.5) is 18.9 Å². The maximum atomic E-state index is 13.5. The fourth-order valence-corrected chi connectivity index (χ4v) is 3.96. The van der Waals surface area contributed by atoms with Gasteiger partial charge < -0.3 is 21.3 Å². The van der Waals surface area contributed by atoms with Crippen LogP contribution in [0.1, 0.15) is 73.7 Å². The molecule has 0 unspecified atom stereocenters. The molecule has 2 aromatic carbocycles. The third-order valence-electron chi connectivity index (χ3n) is 5.92. The minimum atomic E-state index is -4.65. The standard InChI is InChI=1S/C30H42F3N5O3/c1-18(2)15-34-24-12-22(11-23(13-24)30(31,32)33)28(41)36-17-27(40)37-25(14-26(39)38-29(5,6)7)35-16-21-9-8-19(3)10-20(21)4/h8-13,18,25,34-35H,14-17H2,1-7H3,(H,36,41)(H,37,40)(H,38,39)/t25-/m0/s1. The zero-order chi connectivity index (χ0) is 31.0. The Hall–Kier alpha value is -3.60. The van der Waals surface area contributed by atoms with Crippen LogP contribution in [0.2, 0.25) is 0 Å². The molecule has 226 valence electrons. The van der Waals surface area contributed by atoms with Gasteiger partial charge in [0.2, 0.25) is 11.8 Å². The Balaban J connectivity index is 2.11. The zero-order valence-electron chi connectivity index (χ0n) is 24.8. The van der Waals surface area contributed by atoms with Crippen molar-refractivity contribution in [2.45, 2.75) is 79.3 Å². The molecule has 0 heterocycles. The Morgan fingerprint density at radius 3 is 2.20 bits per heavy atom. The highest BCUT2D eigenvalue weighted by molar-refractivity contribution is 5.97. The molecule has 0 aliphatic heterocycles. The van der Waals surface area contributed by atoms with Gasteiger partial charge in [-0.2, -0.15) is 13.2 Å². The molecule has 5 N–H and O–H groups in total. The summed E-state index contributed by atoms with van der Waals surface area (Å²) in [7, 11) is 0. The first-order valence-corrected chi connectivity index (χ1v) is 13.6. The molecule has 11 heteroatoms. The minimum absolute atomic E-state index is 0.0691. The number of hydrogen-bond donors (Lipinski definition) is 5. The summed E-state index contributed by atoms with van der Waals surface area (Å²) < 4.78 is 40.4. The van der Waals surface area contributed by atoms with E-state index >= 15 is 0 Å². The first-order valence-electron chi connectivity index (χ1n) is 13.6. The fraction of sp³-hybridized carbons (Fsp3) is 0.500. The number of anilines is 1. The van der Waals surface area contributed by atoms with Crippen LogP contribution in [0.15, 0.2) is 36.4 Å². The minimum Gasteiger partial charge on any atom is -0.385 e. The number of nitrogens with one attached hydrogen (secondary N) is 5. The van der Waals surface area contributed by atoms with Crippen LogP contribution in [0.3, 0.4) is 0 Å². The number of carbonyl (C=O) groups is 3. The lowest BCUT2D eigenvalue weighted by Gasteiger charge is -2.25. The van der Waals surface area contributed by atoms with Crippen molar-refractivity contribution >= 4 is 23.4 Å². The molecule has 0 saturated carbocycles. The smallest absolute Gasteiger partial charge is 0.385 e. The van der Waals surface area contributed by atoms with Gasteiger partial charge in [0.15, 0.2) is 0 Å². The summed E-state index contributed by atoms with van der Waals surface area (Å²) in [6.45, 7) is 13.6. The molecule has 1 atom stereocenters. The van der Waals surface area contributed by atoms with Crippen molar-refractivity contribution in [2.24, 2.45) is 5.92 Å². The Kier molecular flexibility index (Phi) is 11.8. The number of benzene rings is 2. The molecule has 0 bridgehead atoms. The van der Waals surface area contributed by atoms with Gasteiger partial charge >= 0.3 is 6.18 Å². The van der Waals surface area contributed by atoms with E-state index in [1.54, 1.807) is 0 Å². The van der Waals surface area contributed by atoms with E-state index in [4.69, 9.17) is 0 Å². The lowest BCUT2D eigenvalue weighted by Crippen LogP contribution is -2.52. The van der Waals surface area contributed by atoms with Gasteiger partial charge in [-0.1, -0.05) is 37.6 Å². The molecule has 0 aliphatic carbocycles. The van der Waals surface area contributed by atoms with E-state index in [1.165, 1.54) is 6.07 Å². The Morgan fingerprint density at radius 2 is 1.61 bits per heavy atom. The van der Waals surface area contributed by atoms with Crippen LogP contribution in [0.5, 0.6) is 0 Å². The number of aryl methyl sites for hydroxylation is 2. The van der Waals surface area contributed by atoms with Crippen LogP contribution in [0.25, 0.3) is 0 Å². The summed E-state index contributed by atoms with van der Waals surface area (Å²) in [5.74, 6) is -1.55. The van der Waals surface area contributed by atoms with Crippen molar-refractivity contribution in [3.8, 4) is 0 Å². The molecule has 0 fully saturated rings. The maximum Gasteiger partial charge on any atom is 0.416 e. The first-order chi connectivity index (χ1) is 18.9. The van der Waals surface area contributed by atoms with E-state index in [0.717, 1.165) is 28.8 Å². The molecule has 0 aliphatic rings. The molecule has 0 aromatic heterocycles. The predicted octanol–water partition coefficient (Wildman–Crippen LogP) is 4.66. The lowest BCUT2D eigenvalue weighted by molar-refractivity contribution is -0.137. The number of hydrogen-bond acceptors (Lipinski definition) is 5. The summed E-state index contributed by atoms with van der Waals surface area (Å²) in [4.78, 5) is 38.1. The van der Waals surface area contributed by atoms with Gasteiger partial charge in [-0.15, -0.1) is 0 Å². The highest BCUT2D eigenvalue weighted by atomic mass is 19.4. The molecule has 0 spiro atoms. The van der Waals surface area contributed by atoms with E-state index in [1.807, 2.05) is 66.7 Å². The number of halogens is 3. The highest BCUT2D eigenvalue weighted by Crippen LogP contribution is 2.32. The third kappa shape index (κ3) is 12.2. The van der Waals surface area contributed by atoms with E-state index < -0.39 is 41.8 Å². The average Bonchev–Trinajstić information content (AvgIpc) is 2.83. The Bertz CT molecular complexity index is 1220. The molecular weight excluding hydrogens is 535 g/mol. The monoisotopic (exact) mass is 577 g/mol. The lowest BCUT2D eigenvalue weighted by atomic mass is 10.1. The van der Waals surface area contributed by atoms with Crippen LogP contribution in [-0.4, -0.2) is 42.5 Å². The zero-order valence-corrected chi connectivity index (χ0v) is 24.8. The average molecular weight is 578 g/mol. The molecule has 3 amide bonds. The number of rotatable bonds is 12. The van der Waals surface area contributed by atoms with Gasteiger partial charge in [-0.25, -0.2) is 0 Å². The number of alkyl halides is 3. The summed E-state index contributed by atoms with van der Waals surface area (Å²) in [6.07, 6.45) is -5.48. The van der Waals surface area contributed by atoms with E-state index in [-0.39, 0.29) is 29.5 Å². The SMILES string of the molecule is Cc1ccc(CN[C@H](CC(=O)NC(C)(C)C)NC(=O)CNC(=O)c2cc(NCC(C)C)cc(C(F)(F)F)c2)c(C)c1. The van der Waals surface area contributed by atoms with Crippen LogP contribution >= 0.6 is 0 Å². The number of amides is 3. The molecule has 8 nitrogen and oxygen atoms in total. The second kappa shape index (κ2) is 14.3. The van der Waals surface area contributed by atoms with Gasteiger partial charge in [0, 0.05) is 29.9 Å². The molecule has 0 saturated heterocycles.